The minimum absolute atomic E-state index is 0.0528. The van der Waals surface area contributed by atoms with Gasteiger partial charge in [-0.15, -0.1) is 0 Å². The van der Waals surface area contributed by atoms with Crippen LogP contribution in [-0.4, -0.2) is 48.4 Å². The van der Waals surface area contributed by atoms with E-state index in [4.69, 9.17) is 14.7 Å². The molecule has 0 saturated heterocycles. The minimum Gasteiger partial charge on any atom is -0.479 e. The number of halogens is 1. The Hall–Kier alpha value is -3.69. The Morgan fingerprint density at radius 2 is 1.62 bits per heavy atom. The van der Waals surface area contributed by atoms with Crippen molar-refractivity contribution >= 4 is 39.6 Å². The summed E-state index contributed by atoms with van der Waals surface area (Å²) in [6.45, 7) is -0.454. The van der Waals surface area contributed by atoms with Crippen molar-refractivity contribution in [2.45, 2.75) is 5.92 Å². The summed E-state index contributed by atoms with van der Waals surface area (Å²) in [4.78, 5) is 40.4. The number of carboxylic acids is 1. The first-order valence-corrected chi connectivity index (χ1v) is 11.2. The molecule has 0 aromatic heterocycles. The van der Waals surface area contributed by atoms with Crippen LogP contribution in [0, 0.1) is 0 Å². The maximum absolute atomic E-state index is 12.5. The summed E-state index contributed by atoms with van der Waals surface area (Å²) in [6, 6.07) is 20.7. The van der Waals surface area contributed by atoms with Gasteiger partial charge >= 0.3 is 12.1 Å². The molecular weight excluding hydrogens is 504 g/mol. The highest BCUT2D eigenvalue weighted by atomic mass is 79.9. The number of hydrogen-bond acceptors (Lipinski definition) is 5. The lowest BCUT2D eigenvalue weighted by molar-refractivity contribution is -0.159. The van der Waals surface area contributed by atoms with Crippen molar-refractivity contribution in [1.29, 1.82) is 0 Å². The van der Waals surface area contributed by atoms with Crippen molar-refractivity contribution in [3.05, 3.63) is 87.9 Å². The molecule has 174 valence electrons. The lowest BCUT2D eigenvalue weighted by atomic mass is 9.98. The third-order valence-electron chi connectivity index (χ3n) is 5.46. The van der Waals surface area contributed by atoms with E-state index in [1.54, 1.807) is 6.07 Å². The maximum atomic E-state index is 12.5. The number of hydroxylamine groups is 2. The second kappa shape index (κ2) is 10.1. The van der Waals surface area contributed by atoms with Crippen LogP contribution in [0.3, 0.4) is 0 Å². The van der Waals surface area contributed by atoms with Gasteiger partial charge in [-0.3, -0.25) is 14.9 Å². The molecule has 0 radical (unpaired) electrons. The van der Waals surface area contributed by atoms with Crippen molar-refractivity contribution in [1.82, 2.24) is 5.06 Å². The van der Waals surface area contributed by atoms with Gasteiger partial charge in [0.1, 0.15) is 6.61 Å². The summed E-state index contributed by atoms with van der Waals surface area (Å²) >= 11 is 3.34. The second-order valence-corrected chi connectivity index (χ2v) is 8.47. The predicted octanol–water partition coefficient (Wildman–Crippen LogP) is 4.90. The summed E-state index contributed by atoms with van der Waals surface area (Å²) in [5.74, 6) is -1.78. The molecule has 0 fully saturated rings. The molecule has 34 heavy (non-hydrogen) atoms. The van der Waals surface area contributed by atoms with Gasteiger partial charge < -0.3 is 9.84 Å². The molecule has 9 heteroatoms. The Labute approximate surface area is 204 Å². The molecule has 3 aromatic rings. The van der Waals surface area contributed by atoms with Gasteiger partial charge in [-0.25, -0.2) is 14.7 Å². The highest BCUT2D eigenvalue weighted by Gasteiger charge is 2.29. The molecular formula is C25H21BrN2O6. The molecule has 8 nitrogen and oxygen atoms in total. The molecule has 0 saturated carbocycles. The Balaban J connectivity index is 1.39. The molecule has 0 heterocycles. The van der Waals surface area contributed by atoms with E-state index in [0.717, 1.165) is 27.3 Å². The predicted molar refractivity (Wildman–Crippen MR) is 129 cm³/mol. The third kappa shape index (κ3) is 4.95. The zero-order chi connectivity index (χ0) is 24.2. The number of aliphatic carboxylic acids is 1. The number of fused-ring (bicyclic) bond motifs is 3. The number of carbonyl (C=O) groups excluding carboxylic acids is 2. The SMILES string of the molecule is CN(OCC(=O)O)C(=O)c1ccc(NC(=O)OCC2c3ccccc3-c3ccccc32)c(Br)c1. The normalized spacial score (nSPS) is 11.9. The van der Waals surface area contributed by atoms with Crippen LogP contribution in [0.25, 0.3) is 11.1 Å². The first kappa shape index (κ1) is 23.5. The molecule has 0 bridgehead atoms. The van der Waals surface area contributed by atoms with Crippen LogP contribution in [0.15, 0.2) is 71.2 Å². The van der Waals surface area contributed by atoms with Crippen molar-refractivity contribution in [3.63, 3.8) is 0 Å². The number of ether oxygens (including phenoxy) is 1. The molecule has 4 rings (SSSR count). The van der Waals surface area contributed by atoms with E-state index >= 15 is 0 Å². The number of carboxylic acid groups (broad SMARTS) is 1. The van der Waals surface area contributed by atoms with E-state index in [2.05, 4.69) is 33.4 Å². The molecule has 0 spiro atoms. The summed E-state index contributed by atoms with van der Waals surface area (Å²) in [7, 11) is 1.32. The van der Waals surface area contributed by atoms with Gasteiger partial charge in [-0.05, 0) is 56.4 Å². The van der Waals surface area contributed by atoms with Crippen molar-refractivity contribution < 1.29 is 29.1 Å². The first-order valence-electron chi connectivity index (χ1n) is 10.4. The van der Waals surface area contributed by atoms with Crippen LogP contribution in [0.5, 0.6) is 0 Å². The zero-order valence-electron chi connectivity index (χ0n) is 18.2. The van der Waals surface area contributed by atoms with E-state index in [1.165, 1.54) is 19.2 Å². The fourth-order valence-electron chi connectivity index (χ4n) is 3.89. The van der Waals surface area contributed by atoms with Crippen LogP contribution in [0.2, 0.25) is 0 Å². The Bertz CT molecular complexity index is 1220. The third-order valence-corrected chi connectivity index (χ3v) is 6.12. The van der Waals surface area contributed by atoms with Gasteiger partial charge in [0.2, 0.25) is 0 Å². The van der Waals surface area contributed by atoms with Crippen LogP contribution in [0.4, 0.5) is 10.5 Å². The first-order chi connectivity index (χ1) is 16.3. The highest BCUT2D eigenvalue weighted by molar-refractivity contribution is 9.10. The van der Waals surface area contributed by atoms with Gasteiger partial charge in [0.25, 0.3) is 5.91 Å². The molecule has 1 aliphatic carbocycles. The number of benzene rings is 3. The topological polar surface area (TPSA) is 105 Å². The number of hydrogen-bond donors (Lipinski definition) is 2. The van der Waals surface area contributed by atoms with Gasteiger partial charge in [-0.2, -0.15) is 0 Å². The van der Waals surface area contributed by atoms with Gasteiger partial charge in [-0.1, -0.05) is 48.5 Å². The molecule has 2 amide bonds. The number of amides is 2. The van der Waals surface area contributed by atoms with Crippen LogP contribution in [-0.2, 0) is 14.4 Å². The lowest BCUT2D eigenvalue weighted by Gasteiger charge is -2.17. The number of nitrogens with one attached hydrogen (secondary N) is 1. The second-order valence-electron chi connectivity index (χ2n) is 7.61. The van der Waals surface area contributed by atoms with E-state index in [9.17, 15) is 14.4 Å². The zero-order valence-corrected chi connectivity index (χ0v) is 19.7. The minimum atomic E-state index is -1.19. The van der Waals surface area contributed by atoms with E-state index in [1.807, 2.05) is 36.4 Å². The number of anilines is 1. The summed E-state index contributed by atoms with van der Waals surface area (Å²) < 4.78 is 6.00. The van der Waals surface area contributed by atoms with Gasteiger partial charge in [0.15, 0.2) is 6.61 Å². The van der Waals surface area contributed by atoms with E-state index in [-0.39, 0.29) is 18.1 Å². The van der Waals surface area contributed by atoms with Gasteiger partial charge in [0, 0.05) is 23.0 Å². The van der Waals surface area contributed by atoms with E-state index < -0.39 is 24.6 Å². The summed E-state index contributed by atoms with van der Waals surface area (Å²) in [6.07, 6.45) is -0.622. The molecule has 0 unspecified atom stereocenters. The molecule has 3 aromatic carbocycles. The van der Waals surface area contributed by atoms with Crippen LogP contribution < -0.4 is 5.32 Å². The van der Waals surface area contributed by atoms with Crippen molar-refractivity contribution in [2.75, 3.05) is 25.6 Å². The fraction of sp³-hybridized carbons (Fsp3) is 0.160. The monoisotopic (exact) mass is 524 g/mol. The number of nitrogens with zero attached hydrogens (tertiary/aromatic N) is 1. The lowest BCUT2D eigenvalue weighted by Crippen LogP contribution is -2.29. The van der Waals surface area contributed by atoms with Crippen molar-refractivity contribution in [3.8, 4) is 11.1 Å². The fourth-order valence-corrected chi connectivity index (χ4v) is 4.36. The smallest absolute Gasteiger partial charge is 0.411 e. The highest BCUT2D eigenvalue weighted by Crippen LogP contribution is 2.44. The molecule has 0 aliphatic heterocycles. The summed E-state index contributed by atoms with van der Waals surface area (Å²) in [5, 5.41) is 12.2. The number of carbonyl (C=O) groups is 3. The van der Waals surface area contributed by atoms with Crippen LogP contribution in [0.1, 0.15) is 27.4 Å². The number of rotatable bonds is 7. The Kier molecular flexibility index (Phi) is 6.95. The Morgan fingerprint density at radius 1 is 1.00 bits per heavy atom. The Morgan fingerprint density at radius 3 is 2.21 bits per heavy atom. The van der Waals surface area contributed by atoms with E-state index in [0.29, 0.717) is 10.2 Å². The maximum Gasteiger partial charge on any atom is 0.411 e. The quantitative estimate of drug-likeness (QED) is 0.426. The molecule has 0 atom stereocenters. The largest absolute Gasteiger partial charge is 0.479 e. The van der Waals surface area contributed by atoms with Gasteiger partial charge in [0.05, 0.1) is 5.69 Å². The summed E-state index contributed by atoms with van der Waals surface area (Å²) in [5.41, 5.74) is 5.20. The average molecular weight is 525 g/mol. The van der Waals surface area contributed by atoms with Crippen molar-refractivity contribution in [2.24, 2.45) is 0 Å². The molecule has 1 aliphatic rings. The van der Waals surface area contributed by atoms with Crippen LogP contribution >= 0.6 is 15.9 Å². The standard InChI is InChI=1S/C25H21BrN2O6/c1-28(34-14-23(29)30)24(31)15-10-11-22(21(26)12-15)27-25(32)33-13-20-18-8-4-2-6-16(18)17-7-3-5-9-19(17)20/h2-12,20H,13-14H2,1H3,(H,27,32)(H,29,30). The molecule has 2 N–H and O–H groups in total. The average Bonchev–Trinajstić information content (AvgIpc) is 3.15.